The van der Waals surface area contributed by atoms with E-state index in [0.717, 1.165) is 11.0 Å². The molecule has 0 bridgehead atoms. The first-order valence-electron chi connectivity index (χ1n) is 5.63. The highest BCUT2D eigenvalue weighted by Crippen LogP contribution is 2.22. The fourth-order valence-corrected chi connectivity index (χ4v) is 2.28. The van der Waals surface area contributed by atoms with Crippen molar-refractivity contribution in [3.63, 3.8) is 0 Å². The van der Waals surface area contributed by atoms with Crippen molar-refractivity contribution in [3.8, 4) is 0 Å². The monoisotopic (exact) mass is 236 g/mol. The summed E-state index contributed by atoms with van der Waals surface area (Å²) in [4.78, 5) is 16.5. The van der Waals surface area contributed by atoms with Gasteiger partial charge < -0.3 is 4.42 Å². The summed E-state index contributed by atoms with van der Waals surface area (Å²) < 4.78 is 7.08. The van der Waals surface area contributed by atoms with Crippen molar-refractivity contribution >= 4 is 27.6 Å². The molecule has 0 atom stereocenters. The van der Waals surface area contributed by atoms with E-state index in [1.165, 1.54) is 0 Å². The van der Waals surface area contributed by atoms with Crippen LogP contribution in [-0.4, -0.2) is 9.38 Å². The zero-order chi connectivity index (χ0) is 12.1. The van der Waals surface area contributed by atoms with Gasteiger partial charge in [-0.3, -0.25) is 4.40 Å². The molecule has 0 saturated carbocycles. The minimum absolute atomic E-state index is 0.359. The quantitative estimate of drug-likeness (QED) is 0.441. The lowest BCUT2D eigenvalue weighted by atomic mass is 10.2. The SMILES string of the molecule is O=c1oc2ccccc2c2nc3ccccn3c12. The van der Waals surface area contributed by atoms with E-state index in [1.54, 1.807) is 10.5 Å². The first-order valence-corrected chi connectivity index (χ1v) is 5.63. The Kier molecular flexibility index (Phi) is 1.67. The fourth-order valence-electron chi connectivity index (χ4n) is 2.28. The average Bonchev–Trinajstić information content (AvgIpc) is 2.79. The standard InChI is InChI=1S/C14H8N2O2/c17-14-13-12(9-5-1-2-6-10(9)18-14)15-11-7-3-4-8-16(11)13/h1-8H. The third-order valence-electron chi connectivity index (χ3n) is 3.07. The van der Waals surface area contributed by atoms with E-state index in [4.69, 9.17) is 4.42 Å². The third kappa shape index (κ3) is 1.09. The smallest absolute Gasteiger partial charge is 0.363 e. The average molecular weight is 236 g/mol. The molecule has 86 valence electrons. The Morgan fingerprint density at radius 1 is 1.06 bits per heavy atom. The van der Waals surface area contributed by atoms with E-state index in [0.29, 0.717) is 16.6 Å². The summed E-state index contributed by atoms with van der Waals surface area (Å²) in [5, 5.41) is 0.857. The molecule has 0 radical (unpaired) electrons. The minimum Gasteiger partial charge on any atom is -0.421 e. The Morgan fingerprint density at radius 3 is 2.83 bits per heavy atom. The van der Waals surface area contributed by atoms with E-state index >= 15 is 0 Å². The predicted octanol–water partition coefficient (Wildman–Crippen LogP) is 2.59. The van der Waals surface area contributed by atoms with Gasteiger partial charge in [0.25, 0.3) is 0 Å². The fraction of sp³-hybridized carbons (Fsp3) is 0. The van der Waals surface area contributed by atoms with Crippen molar-refractivity contribution in [1.29, 1.82) is 0 Å². The number of pyridine rings is 1. The number of fused-ring (bicyclic) bond motifs is 5. The van der Waals surface area contributed by atoms with Crippen LogP contribution in [0.1, 0.15) is 0 Å². The first kappa shape index (κ1) is 9.41. The Balaban J connectivity index is 2.42. The molecule has 0 N–H and O–H groups in total. The highest BCUT2D eigenvalue weighted by Gasteiger charge is 2.12. The van der Waals surface area contributed by atoms with Gasteiger partial charge in [0.2, 0.25) is 0 Å². The molecule has 18 heavy (non-hydrogen) atoms. The molecule has 0 aliphatic rings. The summed E-state index contributed by atoms with van der Waals surface area (Å²) in [6.07, 6.45) is 1.82. The zero-order valence-electron chi connectivity index (χ0n) is 9.33. The third-order valence-corrected chi connectivity index (χ3v) is 3.07. The highest BCUT2D eigenvalue weighted by molar-refractivity contribution is 6.02. The molecule has 0 aliphatic heterocycles. The highest BCUT2D eigenvalue weighted by atomic mass is 16.4. The van der Waals surface area contributed by atoms with Crippen LogP contribution >= 0.6 is 0 Å². The summed E-state index contributed by atoms with van der Waals surface area (Å²) in [5.74, 6) is 0. The van der Waals surface area contributed by atoms with E-state index < -0.39 is 0 Å². The van der Waals surface area contributed by atoms with Gasteiger partial charge in [-0.15, -0.1) is 0 Å². The molecule has 0 fully saturated rings. The van der Waals surface area contributed by atoms with E-state index in [-0.39, 0.29) is 5.63 Å². The van der Waals surface area contributed by atoms with Crippen LogP contribution in [0, 0.1) is 0 Å². The lowest BCUT2D eigenvalue weighted by molar-refractivity contribution is 0.567. The summed E-state index contributed by atoms with van der Waals surface area (Å²) in [5.41, 5.74) is 2.13. The molecule has 0 unspecified atom stereocenters. The molecule has 0 aliphatic carbocycles. The normalized spacial score (nSPS) is 11.6. The topological polar surface area (TPSA) is 47.5 Å². The Labute approximate surface area is 101 Å². The molecular formula is C14H8N2O2. The Bertz CT molecular complexity index is 950. The summed E-state index contributed by atoms with van der Waals surface area (Å²) in [7, 11) is 0. The maximum Gasteiger partial charge on any atom is 0.363 e. The number of hydrogen-bond donors (Lipinski definition) is 0. The predicted molar refractivity (Wildman–Crippen MR) is 68.7 cm³/mol. The lowest BCUT2D eigenvalue weighted by Gasteiger charge is -1.96. The summed E-state index contributed by atoms with van der Waals surface area (Å²) in [6, 6.07) is 13.1. The first-order chi connectivity index (χ1) is 8.84. The van der Waals surface area contributed by atoms with Crippen molar-refractivity contribution < 1.29 is 4.42 Å². The number of benzene rings is 1. The Morgan fingerprint density at radius 2 is 1.89 bits per heavy atom. The van der Waals surface area contributed by atoms with Crippen molar-refractivity contribution in [2.45, 2.75) is 0 Å². The Hall–Kier alpha value is -2.62. The molecule has 4 nitrogen and oxygen atoms in total. The van der Waals surface area contributed by atoms with E-state index in [2.05, 4.69) is 4.98 Å². The second-order valence-electron chi connectivity index (χ2n) is 4.12. The number of para-hydroxylation sites is 1. The van der Waals surface area contributed by atoms with Crippen molar-refractivity contribution in [2.75, 3.05) is 0 Å². The second kappa shape index (κ2) is 3.20. The van der Waals surface area contributed by atoms with Crippen molar-refractivity contribution in [1.82, 2.24) is 9.38 Å². The molecule has 3 heterocycles. The summed E-state index contributed by atoms with van der Waals surface area (Å²) in [6.45, 7) is 0. The maximum absolute atomic E-state index is 12.0. The number of rotatable bonds is 0. The van der Waals surface area contributed by atoms with E-state index in [9.17, 15) is 4.79 Å². The van der Waals surface area contributed by atoms with Crippen LogP contribution in [0.15, 0.2) is 57.9 Å². The molecule has 0 spiro atoms. The van der Waals surface area contributed by atoms with Gasteiger partial charge in [0.1, 0.15) is 16.7 Å². The van der Waals surface area contributed by atoms with Crippen LogP contribution in [-0.2, 0) is 0 Å². The second-order valence-corrected chi connectivity index (χ2v) is 4.12. The number of imidazole rings is 1. The molecule has 0 amide bonds. The number of nitrogens with zero attached hydrogens (tertiary/aromatic N) is 2. The van der Waals surface area contributed by atoms with Gasteiger partial charge in [-0.1, -0.05) is 18.2 Å². The lowest BCUT2D eigenvalue weighted by Crippen LogP contribution is -2.02. The van der Waals surface area contributed by atoms with Gasteiger partial charge in [0, 0.05) is 11.6 Å². The summed E-state index contributed by atoms with van der Waals surface area (Å²) >= 11 is 0. The van der Waals surface area contributed by atoms with Crippen LogP contribution in [0.3, 0.4) is 0 Å². The molecule has 0 saturated heterocycles. The molecular weight excluding hydrogens is 228 g/mol. The maximum atomic E-state index is 12.0. The molecule has 4 rings (SSSR count). The number of aromatic nitrogens is 2. The van der Waals surface area contributed by atoms with Crippen molar-refractivity contribution in [3.05, 3.63) is 59.1 Å². The largest absolute Gasteiger partial charge is 0.421 e. The number of hydrogen-bond acceptors (Lipinski definition) is 3. The van der Waals surface area contributed by atoms with Crippen molar-refractivity contribution in [2.24, 2.45) is 0 Å². The van der Waals surface area contributed by atoms with Crippen LogP contribution < -0.4 is 5.63 Å². The van der Waals surface area contributed by atoms with Gasteiger partial charge in [0.05, 0.1) is 0 Å². The molecule has 4 heteroatoms. The van der Waals surface area contributed by atoms with Gasteiger partial charge in [-0.2, -0.15) is 0 Å². The molecule has 1 aromatic carbocycles. The van der Waals surface area contributed by atoms with Gasteiger partial charge in [0.15, 0.2) is 5.52 Å². The van der Waals surface area contributed by atoms with Crippen LogP contribution in [0.5, 0.6) is 0 Å². The van der Waals surface area contributed by atoms with Crippen LogP contribution in [0.4, 0.5) is 0 Å². The molecule has 4 aromatic rings. The molecule has 3 aromatic heterocycles. The van der Waals surface area contributed by atoms with Gasteiger partial charge in [-0.25, -0.2) is 9.78 Å². The van der Waals surface area contributed by atoms with Gasteiger partial charge in [-0.05, 0) is 24.3 Å². The van der Waals surface area contributed by atoms with Crippen LogP contribution in [0.2, 0.25) is 0 Å². The van der Waals surface area contributed by atoms with E-state index in [1.807, 2.05) is 42.6 Å². The zero-order valence-corrected chi connectivity index (χ0v) is 9.33. The van der Waals surface area contributed by atoms with Gasteiger partial charge >= 0.3 is 5.63 Å². The van der Waals surface area contributed by atoms with Crippen LogP contribution in [0.25, 0.3) is 27.6 Å². The minimum atomic E-state index is -0.359.